The molecule has 1 unspecified atom stereocenters. The number of rotatable bonds is 3. The molecule has 0 aromatic rings. The largest absolute Gasteiger partial charge is 0.393 e. The average molecular weight is 232 g/mol. The molecule has 0 radical (unpaired) electrons. The summed E-state index contributed by atoms with van der Waals surface area (Å²) in [5.41, 5.74) is 0. The second-order valence-corrected chi connectivity index (χ2v) is 5.37. The second-order valence-electron chi connectivity index (χ2n) is 0.965. The lowest BCUT2D eigenvalue weighted by Crippen LogP contribution is -2.11. The van der Waals surface area contributed by atoms with Gasteiger partial charge >= 0.3 is 6.78 Å². The Morgan fingerprint density at radius 2 is 2.29 bits per heavy atom. The predicted molar refractivity (Wildman–Crippen MR) is 39.8 cm³/mol. The third-order valence-corrected chi connectivity index (χ3v) is 4.05. The molecule has 0 bridgehead atoms. The van der Waals surface area contributed by atoms with Crippen LogP contribution in [0, 0.1) is 0 Å². The van der Waals surface area contributed by atoms with Gasteiger partial charge in [-0.15, -0.1) is 0 Å². The van der Waals surface area contributed by atoms with E-state index >= 15 is 0 Å². The molecular weight excluding hydrogens is 223 g/mol. The van der Waals surface area contributed by atoms with Crippen LogP contribution in [-0.4, -0.2) is 20.5 Å². The average Bonchev–Trinajstić information content (AvgIpc) is 1.68. The molecule has 0 fully saturated rings. The summed E-state index contributed by atoms with van der Waals surface area (Å²) in [5.74, 6) is 0. The Hall–Kier alpha value is 0.867. The van der Waals surface area contributed by atoms with Gasteiger partial charge in [0.15, 0.2) is 0 Å². The van der Waals surface area contributed by atoms with Crippen LogP contribution < -0.4 is 0 Å². The molecule has 0 aromatic carbocycles. The van der Waals surface area contributed by atoms with Crippen molar-refractivity contribution in [2.75, 3.05) is 13.7 Å². The van der Waals surface area contributed by atoms with Gasteiger partial charge in [-0.2, -0.15) is 0 Å². The van der Waals surface area contributed by atoms with Crippen molar-refractivity contribution in [3.05, 3.63) is 0 Å². The van der Waals surface area contributed by atoms with E-state index in [1.807, 2.05) is 6.92 Å². The van der Waals surface area contributed by atoms with Gasteiger partial charge < -0.3 is 8.85 Å². The summed E-state index contributed by atoms with van der Waals surface area (Å²) in [6, 6.07) is 0. The van der Waals surface area contributed by atoms with Crippen LogP contribution in [0.4, 0.5) is 0 Å². The van der Waals surface area contributed by atoms with E-state index in [2.05, 4.69) is 21.8 Å². The van der Waals surface area contributed by atoms with Crippen molar-refractivity contribution in [3.8, 4) is 0 Å². The molecule has 0 aliphatic carbocycles. The highest BCUT2D eigenvalue weighted by atomic mass is 127. The first-order chi connectivity index (χ1) is 3.31. The van der Waals surface area contributed by atoms with E-state index < -0.39 is 6.78 Å². The second kappa shape index (κ2) is 5.01. The number of hydrogen-bond acceptors (Lipinski definition) is 2. The third kappa shape index (κ3) is 4.73. The molecule has 0 spiro atoms. The van der Waals surface area contributed by atoms with Crippen molar-refractivity contribution in [2.24, 2.45) is 0 Å². The fraction of sp³-hybridized carbons (Fsp3) is 1.00. The van der Waals surface area contributed by atoms with Crippen LogP contribution in [0.3, 0.4) is 0 Å². The number of halogens is 1. The Kier molecular flexibility index (Phi) is 5.63. The maximum Gasteiger partial charge on any atom is 0.391 e. The minimum absolute atomic E-state index is 0.771. The molecule has 0 heterocycles. The summed E-state index contributed by atoms with van der Waals surface area (Å²) in [6.45, 7) is 1.53. The molecular formula is C3H9IO2Si. The topological polar surface area (TPSA) is 18.5 Å². The van der Waals surface area contributed by atoms with Gasteiger partial charge in [-0.3, -0.25) is 0 Å². The Bertz CT molecular complexity index is 43.9. The standard InChI is InChI=1S/C3H9IO2Si/c1-3-6-7(4)5-2/h7H,3H2,1-2H3. The first-order valence-corrected chi connectivity index (χ1v) is 7.21. The zero-order valence-electron chi connectivity index (χ0n) is 4.48. The Morgan fingerprint density at radius 3 is 2.43 bits per heavy atom. The summed E-state index contributed by atoms with van der Waals surface area (Å²) in [4.78, 5) is 0. The van der Waals surface area contributed by atoms with Gasteiger partial charge in [-0.05, 0) is 6.92 Å². The zero-order valence-corrected chi connectivity index (χ0v) is 7.79. The van der Waals surface area contributed by atoms with Crippen LogP contribution >= 0.6 is 21.8 Å². The van der Waals surface area contributed by atoms with E-state index in [0.717, 1.165) is 6.61 Å². The van der Waals surface area contributed by atoms with E-state index in [1.54, 1.807) is 7.11 Å². The van der Waals surface area contributed by atoms with Gasteiger partial charge in [0.1, 0.15) is 0 Å². The quantitative estimate of drug-likeness (QED) is 0.407. The maximum atomic E-state index is 5.09. The third-order valence-electron chi connectivity index (χ3n) is 0.483. The van der Waals surface area contributed by atoms with Crippen molar-refractivity contribution in [1.82, 2.24) is 0 Å². The summed E-state index contributed by atoms with van der Waals surface area (Å²) < 4.78 is 9.99. The monoisotopic (exact) mass is 232 g/mol. The van der Waals surface area contributed by atoms with Gasteiger partial charge in [0.05, 0.1) is 0 Å². The molecule has 0 saturated carbocycles. The molecule has 0 aliphatic rings. The highest BCUT2D eigenvalue weighted by Crippen LogP contribution is 1.94. The molecule has 0 saturated heterocycles. The molecule has 0 aromatic heterocycles. The normalized spacial score (nSPS) is 14.1. The first kappa shape index (κ1) is 7.87. The molecule has 0 rings (SSSR count). The van der Waals surface area contributed by atoms with Gasteiger partial charge in [0.25, 0.3) is 0 Å². The zero-order chi connectivity index (χ0) is 5.70. The summed E-state index contributed by atoms with van der Waals surface area (Å²) >= 11 is 2.20. The number of hydrogen-bond donors (Lipinski definition) is 0. The minimum Gasteiger partial charge on any atom is -0.393 e. The van der Waals surface area contributed by atoms with Crippen LogP contribution in [0.15, 0.2) is 0 Å². The van der Waals surface area contributed by atoms with E-state index in [-0.39, 0.29) is 0 Å². The Morgan fingerprint density at radius 1 is 1.71 bits per heavy atom. The molecule has 0 amide bonds. The van der Waals surface area contributed by atoms with Crippen LogP contribution in [0.5, 0.6) is 0 Å². The maximum absolute atomic E-state index is 5.09. The van der Waals surface area contributed by atoms with Gasteiger partial charge in [0, 0.05) is 13.7 Å². The van der Waals surface area contributed by atoms with Crippen LogP contribution in [0.2, 0.25) is 0 Å². The van der Waals surface area contributed by atoms with E-state index in [1.165, 1.54) is 0 Å². The molecule has 0 aliphatic heterocycles. The lowest BCUT2D eigenvalue weighted by molar-refractivity contribution is 0.265. The van der Waals surface area contributed by atoms with Gasteiger partial charge in [0.2, 0.25) is 0 Å². The fourth-order valence-corrected chi connectivity index (χ4v) is 1.68. The minimum atomic E-state index is -1.21. The highest BCUT2D eigenvalue weighted by Gasteiger charge is 2.00. The lowest BCUT2D eigenvalue weighted by atomic mass is 10.9. The predicted octanol–water partition coefficient (Wildman–Crippen LogP) is 0.822. The van der Waals surface area contributed by atoms with Crippen LogP contribution in [0.1, 0.15) is 6.92 Å². The molecule has 0 N–H and O–H groups in total. The first-order valence-electron chi connectivity index (χ1n) is 2.09. The van der Waals surface area contributed by atoms with Crippen LogP contribution in [-0.2, 0) is 8.85 Å². The summed E-state index contributed by atoms with van der Waals surface area (Å²) in [7, 11) is 1.68. The smallest absolute Gasteiger partial charge is 0.391 e. The van der Waals surface area contributed by atoms with E-state index in [9.17, 15) is 0 Å². The lowest BCUT2D eigenvalue weighted by Gasteiger charge is -2.02. The molecule has 2 nitrogen and oxygen atoms in total. The Balaban J connectivity index is 2.83. The van der Waals surface area contributed by atoms with Crippen molar-refractivity contribution < 1.29 is 8.85 Å². The SMILES string of the molecule is CCO[SiH](I)OC. The molecule has 4 heteroatoms. The van der Waals surface area contributed by atoms with Gasteiger partial charge in [-0.1, -0.05) is 21.8 Å². The highest BCUT2D eigenvalue weighted by molar-refractivity contribution is 14.1. The fourth-order valence-electron chi connectivity index (χ4n) is 0.199. The van der Waals surface area contributed by atoms with Crippen molar-refractivity contribution >= 4 is 28.6 Å². The van der Waals surface area contributed by atoms with Crippen molar-refractivity contribution in [1.29, 1.82) is 0 Å². The van der Waals surface area contributed by atoms with Crippen molar-refractivity contribution in [3.63, 3.8) is 0 Å². The molecule has 1 atom stereocenters. The Labute approximate surface area is 58.3 Å². The summed E-state index contributed by atoms with van der Waals surface area (Å²) in [5, 5.41) is 0. The van der Waals surface area contributed by atoms with Gasteiger partial charge in [-0.25, -0.2) is 0 Å². The van der Waals surface area contributed by atoms with Crippen LogP contribution in [0.25, 0.3) is 0 Å². The summed E-state index contributed by atoms with van der Waals surface area (Å²) in [6.07, 6.45) is 0. The van der Waals surface area contributed by atoms with E-state index in [0.29, 0.717) is 0 Å². The molecule has 44 valence electrons. The molecule has 7 heavy (non-hydrogen) atoms. The van der Waals surface area contributed by atoms with E-state index in [4.69, 9.17) is 8.85 Å². The van der Waals surface area contributed by atoms with Crippen molar-refractivity contribution in [2.45, 2.75) is 6.92 Å².